The van der Waals surface area contributed by atoms with E-state index in [-0.39, 0.29) is 17.4 Å². The molecule has 3 heteroatoms. The van der Waals surface area contributed by atoms with Gasteiger partial charge in [0.25, 0.3) is 0 Å². The van der Waals surface area contributed by atoms with Crippen LogP contribution in [-0.4, -0.2) is 19.1 Å². The molecule has 0 aromatic rings. The highest BCUT2D eigenvalue weighted by molar-refractivity contribution is 5.69. The molecule has 1 atom stereocenters. The largest absolute Gasteiger partial charge is 0.469 e. The number of methoxy groups -OCH3 is 1. The van der Waals surface area contributed by atoms with Gasteiger partial charge >= 0.3 is 5.97 Å². The minimum Gasteiger partial charge on any atom is -0.469 e. The highest BCUT2D eigenvalue weighted by Gasteiger charge is 2.23. The van der Waals surface area contributed by atoms with E-state index in [1.807, 2.05) is 20.8 Å². The molecule has 0 aliphatic rings. The lowest BCUT2D eigenvalue weighted by Gasteiger charge is -2.25. The van der Waals surface area contributed by atoms with Crippen molar-refractivity contribution in [2.75, 3.05) is 7.11 Å². The lowest BCUT2D eigenvalue weighted by atomic mass is 9.85. The van der Waals surface area contributed by atoms with Crippen molar-refractivity contribution in [1.82, 2.24) is 0 Å². The summed E-state index contributed by atoms with van der Waals surface area (Å²) in [6.07, 6.45) is 0.292. The molecule has 66 valence electrons. The molecule has 0 radical (unpaired) electrons. The third-order valence-corrected chi connectivity index (χ3v) is 1.73. The Bertz CT molecular complexity index is 138. The van der Waals surface area contributed by atoms with E-state index in [0.29, 0.717) is 6.42 Å². The average Bonchev–Trinajstić information content (AvgIpc) is 1.85. The van der Waals surface area contributed by atoms with Gasteiger partial charge in [-0.25, -0.2) is 0 Å². The summed E-state index contributed by atoms with van der Waals surface area (Å²) >= 11 is 0. The van der Waals surface area contributed by atoms with Crippen molar-refractivity contribution in [1.29, 1.82) is 0 Å². The molecule has 0 aliphatic carbocycles. The molecule has 0 unspecified atom stereocenters. The van der Waals surface area contributed by atoms with Crippen molar-refractivity contribution in [2.24, 2.45) is 11.1 Å². The van der Waals surface area contributed by atoms with Crippen LogP contribution < -0.4 is 5.73 Å². The van der Waals surface area contributed by atoms with Gasteiger partial charge in [0.2, 0.25) is 0 Å². The number of hydrogen-bond donors (Lipinski definition) is 1. The molecule has 0 aliphatic heterocycles. The van der Waals surface area contributed by atoms with Gasteiger partial charge < -0.3 is 10.5 Å². The maximum Gasteiger partial charge on any atom is 0.307 e. The fourth-order valence-electron chi connectivity index (χ4n) is 0.569. The standard InChI is InChI=1S/C8H17NO2/c1-8(2,3)6(9)5-7(10)11-4/h6H,5,9H2,1-4H3/t6-/m1/s1. The lowest BCUT2D eigenvalue weighted by molar-refractivity contribution is -0.141. The first-order valence-corrected chi connectivity index (χ1v) is 3.70. The molecule has 0 aromatic carbocycles. The van der Waals surface area contributed by atoms with Gasteiger partial charge in [-0.15, -0.1) is 0 Å². The summed E-state index contributed by atoms with van der Waals surface area (Å²) in [5.41, 5.74) is 5.69. The van der Waals surface area contributed by atoms with E-state index in [2.05, 4.69) is 4.74 Å². The first-order valence-electron chi connectivity index (χ1n) is 3.70. The van der Waals surface area contributed by atoms with Crippen molar-refractivity contribution in [3.8, 4) is 0 Å². The highest BCUT2D eigenvalue weighted by Crippen LogP contribution is 2.19. The third kappa shape index (κ3) is 3.98. The smallest absolute Gasteiger partial charge is 0.307 e. The quantitative estimate of drug-likeness (QED) is 0.610. The van der Waals surface area contributed by atoms with Gasteiger partial charge in [-0.05, 0) is 5.41 Å². The predicted molar refractivity (Wildman–Crippen MR) is 44.1 cm³/mol. The van der Waals surface area contributed by atoms with Crippen LogP contribution in [0.2, 0.25) is 0 Å². The van der Waals surface area contributed by atoms with Gasteiger partial charge in [0, 0.05) is 6.04 Å². The normalized spacial score (nSPS) is 14.3. The molecule has 0 spiro atoms. The summed E-state index contributed by atoms with van der Waals surface area (Å²) < 4.78 is 4.50. The van der Waals surface area contributed by atoms with Crippen LogP contribution in [0.15, 0.2) is 0 Å². The molecule has 0 rings (SSSR count). The number of nitrogens with two attached hydrogens (primary N) is 1. The van der Waals surface area contributed by atoms with Gasteiger partial charge in [0.05, 0.1) is 13.5 Å². The predicted octanol–water partition coefficient (Wildman–Crippen LogP) is 0.923. The van der Waals surface area contributed by atoms with E-state index in [1.54, 1.807) is 0 Å². The number of carbonyl (C=O) groups excluding carboxylic acids is 1. The molecule has 0 saturated heterocycles. The van der Waals surface area contributed by atoms with Crippen LogP contribution in [0.5, 0.6) is 0 Å². The maximum absolute atomic E-state index is 10.8. The Morgan fingerprint density at radius 3 is 2.27 bits per heavy atom. The summed E-state index contributed by atoms with van der Waals surface area (Å²) in [7, 11) is 1.37. The second kappa shape index (κ2) is 3.72. The summed E-state index contributed by atoms with van der Waals surface area (Å²) in [6.45, 7) is 6.00. The van der Waals surface area contributed by atoms with Crippen LogP contribution in [0.25, 0.3) is 0 Å². The Labute approximate surface area is 67.9 Å². The van der Waals surface area contributed by atoms with E-state index < -0.39 is 0 Å². The molecule has 2 N–H and O–H groups in total. The van der Waals surface area contributed by atoms with E-state index in [4.69, 9.17) is 5.73 Å². The minimum atomic E-state index is -0.243. The van der Waals surface area contributed by atoms with E-state index in [9.17, 15) is 4.79 Å². The van der Waals surface area contributed by atoms with E-state index >= 15 is 0 Å². The maximum atomic E-state index is 10.8. The molecule has 0 bridgehead atoms. The summed E-state index contributed by atoms with van der Waals surface area (Å²) in [5, 5.41) is 0. The van der Waals surface area contributed by atoms with Crippen LogP contribution in [0, 0.1) is 5.41 Å². The number of esters is 1. The van der Waals surface area contributed by atoms with Crippen LogP contribution in [-0.2, 0) is 9.53 Å². The van der Waals surface area contributed by atoms with Gasteiger partial charge in [0.1, 0.15) is 0 Å². The van der Waals surface area contributed by atoms with Crippen LogP contribution in [0.3, 0.4) is 0 Å². The zero-order chi connectivity index (χ0) is 9.07. The van der Waals surface area contributed by atoms with Gasteiger partial charge in [0.15, 0.2) is 0 Å². The molecular formula is C8H17NO2. The average molecular weight is 159 g/mol. The lowest BCUT2D eigenvalue weighted by Crippen LogP contribution is -2.37. The highest BCUT2D eigenvalue weighted by atomic mass is 16.5. The zero-order valence-corrected chi connectivity index (χ0v) is 7.68. The Morgan fingerprint density at radius 1 is 1.55 bits per heavy atom. The van der Waals surface area contributed by atoms with E-state index in [0.717, 1.165) is 0 Å². The molecule has 0 fully saturated rings. The topological polar surface area (TPSA) is 52.3 Å². The van der Waals surface area contributed by atoms with Crippen LogP contribution >= 0.6 is 0 Å². The number of rotatable bonds is 2. The van der Waals surface area contributed by atoms with Crippen LogP contribution in [0.4, 0.5) is 0 Å². The fraction of sp³-hybridized carbons (Fsp3) is 0.875. The fourth-order valence-corrected chi connectivity index (χ4v) is 0.569. The Kier molecular flexibility index (Phi) is 3.52. The summed E-state index contributed by atoms with van der Waals surface area (Å²) in [4.78, 5) is 10.8. The van der Waals surface area contributed by atoms with Gasteiger partial charge in [-0.1, -0.05) is 20.8 Å². The van der Waals surface area contributed by atoms with Crippen molar-refractivity contribution in [3.05, 3.63) is 0 Å². The molecule has 0 saturated carbocycles. The number of ether oxygens (including phenoxy) is 1. The molecule has 11 heavy (non-hydrogen) atoms. The van der Waals surface area contributed by atoms with E-state index in [1.165, 1.54) is 7.11 Å². The number of carbonyl (C=O) groups is 1. The Hall–Kier alpha value is -0.570. The van der Waals surface area contributed by atoms with Gasteiger partial charge in [-0.2, -0.15) is 0 Å². The Balaban J connectivity index is 3.87. The summed E-state index contributed by atoms with van der Waals surface area (Å²) in [5.74, 6) is -0.243. The number of hydrogen-bond acceptors (Lipinski definition) is 3. The summed E-state index contributed by atoms with van der Waals surface area (Å²) in [6, 6.07) is -0.130. The molecule has 0 amide bonds. The first kappa shape index (κ1) is 10.4. The zero-order valence-electron chi connectivity index (χ0n) is 7.68. The SMILES string of the molecule is COC(=O)C[C@@H](N)C(C)(C)C. The third-order valence-electron chi connectivity index (χ3n) is 1.73. The Morgan fingerprint density at radius 2 is 2.00 bits per heavy atom. The van der Waals surface area contributed by atoms with Crippen molar-refractivity contribution < 1.29 is 9.53 Å². The van der Waals surface area contributed by atoms with Crippen molar-refractivity contribution in [3.63, 3.8) is 0 Å². The first-order chi connectivity index (χ1) is 4.88. The molecule has 0 heterocycles. The monoisotopic (exact) mass is 159 g/mol. The molecular weight excluding hydrogens is 142 g/mol. The second-order valence-corrected chi connectivity index (χ2v) is 3.75. The van der Waals surface area contributed by atoms with Crippen molar-refractivity contribution in [2.45, 2.75) is 33.2 Å². The van der Waals surface area contributed by atoms with Crippen molar-refractivity contribution >= 4 is 5.97 Å². The minimum absolute atomic E-state index is 0.0335. The molecule has 0 aromatic heterocycles. The van der Waals surface area contributed by atoms with Gasteiger partial charge in [-0.3, -0.25) is 4.79 Å². The van der Waals surface area contributed by atoms with Crippen LogP contribution in [0.1, 0.15) is 27.2 Å². The molecule has 3 nitrogen and oxygen atoms in total. The second-order valence-electron chi connectivity index (χ2n) is 3.75.